The van der Waals surface area contributed by atoms with Gasteiger partial charge in [-0.2, -0.15) is 0 Å². The van der Waals surface area contributed by atoms with Gasteiger partial charge in [-0.15, -0.1) is 0 Å². The third-order valence-corrected chi connectivity index (χ3v) is 6.38. The molecule has 2 unspecified atom stereocenters. The van der Waals surface area contributed by atoms with Crippen LogP contribution in [0.25, 0.3) is 10.9 Å². The molecule has 0 spiro atoms. The fraction of sp³-hybridized carbons (Fsp3) is 0.417. The van der Waals surface area contributed by atoms with Gasteiger partial charge in [0.2, 0.25) is 0 Å². The molecule has 0 saturated heterocycles. The number of hydrogen-bond donors (Lipinski definition) is 1. The Labute approximate surface area is 176 Å². The highest BCUT2D eigenvalue weighted by atomic mass is 35.5. The van der Waals surface area contributed by atoms with Gasteiger partial charge >= 0.3 is 0 Å². The van der Waals surface area contributed by atoms with E-state index in [9.17, 15) is 4.79 Å². The highest BCUT2D eigenvalue weighted by Crippen LogP contribution is 2.29. The Morgan fingerprint density at radius 2 is 1.86 bits per heavy atom. The number of aryl methyl sites for hydroxylation is 2. The average molecular weight is 410 g/mol. The van der Waals surface area contributed by atoms with Gasteiger partial charge in [-0.05, 0) is 67.8 Å². The van der Waals surface area contributed by atoms with Crippen molar-refractivity contribution in [3.63, 3.8) is 0 Å². The predicted octanol–water partition coefficient (Wildman–Crippen LogP) is 4.60. The van der Waals surface area contributed by atoms with Crippen LogP contribution in [0.1, 0.15) is 37.1 Å². The first-order valence-electron chi connectivity index (χ1n) is 10.6. The van der Waals surface area contributed by atoms with Crippen molar-refractivity contribution in [3.8, 4) is 0 Å². The minimum atomic E-state index is 0.0459. The number of nitrogens with zero attached hydrogens (tertiary/aromatic N) is 2. The maximum atomic E-state index is 13.4. The highest BCUT2D eigenvalue weighted by molar-refractivity contribution is 6.31. The Hall–Kier alpha value is -2.17. The molecule has 0 bridgehead atoms. The zero-order valence-electron chi connectivity index (χ0n) is 16.7. The first-order chi connectivity index (χ1) is 14.1. The number of nitrogens with two attached hydrogens (primary N) is 1. The van der Waals surface area contributed by atoms with Crippen LogP contribution in [0, 0.1) is 11.8 Å². The molecule has 1 saturated carbocycles. The van der Waals surface area contributed by atoms with Crippen LogP contribution in [0.3, 0.4) is 0 Å². The summed E-state index contributed by atoms with van der Waals surface area (Å²) in [6.45, 7) is 1.46. The molecule has 0 radical (unpaired) electrons. The third kappa shape index (κ3) is 4.71. The second-order valence-corrected chi connectivity index (χ2v) is 8.66. The summed E-state index contributed by atoms with van der Waals surface area (Å²) in [5, 5.41) is 1.25. The summed E-state index contributed by atoms with van der Waals surface area (Å²) in [6.07, 6.45) is 6.23. The lowest BCUT2D eigenvalue weighted by Gasteiger charge is -2.29. The minimum Gasteiger partial charge on any atom is -0.330 e. The summed E-state index contributed by atoms with van der Waals surface area (Å²) in [7, 11) is 0. The molecular formula is C24H28ClN3O. The second kappa shape index (κ2) is 9.10. The fourth-order valence-electron chi connectivity index (χ4n) is 4.56. The average Bonchev–Trinajstić information content (AvgIpc) is 2.75. The van der Waals surface area contributed by atoms with E-state index in [2.05, 4.69) is 12.1 Å². The molecule has 2 aromatic carbocycles. The van der Waals surface area contributed by atoms with Gasteiger partial charge in [0, 0.05) is 18.0 Å². The summed E-state index contributed by atoms with van der Waals surface area (Å²) in [5.41, 5.74) is 7.91. The van der Waals surface area contributed by atoms with E-state index in [0.29, 0.717) is 27.8 Å². The van der Waals surface area contributed by atoms with Crippen LogP contribution >= 0.6 is 11.6 Å². The summed E-state index contributed by atoms with van der Waals surface area (Å²) in [6, 6.07) is 15.7. The molecule has 0 amide bonds. The van der Waals surface area contributed by atoms with E-state index < -0.39 is 0 Å². The molecule has 4 nitrogen and oxygen atoms in total. The number of fused-ring (bicyclic) bond motifs is 1. The molecule has 3 aromatic rings. The number of rotatable bonds is 6. The first-order valence-corrected chi connectivity index (χ1v) is 10.9. The Balaban J connectivity index is 1.68. The number of aromatic nitrogens is 2. The van der Waals surface area contributed by atoms with Crippen molar-refractivity contribution in [2.75, 3.05) is 6.54 Å². The smallest absolute Gasteiger partial charge is 0.261 e. The van der Waals surface area contributed by atoms with E-state index >= 15 is 0 Å². The standard InChI is InChI=1S/C24H28ClN3O/c25-20-10-11-21-22(14-20)27-23(12-9-17-5-2-1-3-6-17)28(24(21)29)16-19-8-4-7-18(13-19)15-26/h1-3,5-6,10-11,14,18-19H,4,7-9,12-13,15-16,26H2. The van der Waals surface area contributed by atoms with Crippen LogP contribution in [0.15, 0.2) is 53.3 Å². The molecule has 4 rings (SSSR count). The molecule has 1 aromatic heterocycles. The molecule has 1 heterocycles. The maximum Gasteiger partial charge on any atom is 0.261 e. The van der Waals surface area contributed by atoms with Crippen LogP contribution in [-0.2, 0) is 19.4 Å². The summed E-state index contributed by atoms with van der Waals surface area (Å²) >= 11 is 6.16. The van der Waals surface area contributed by atoms with Crippen molar-refractivity contribution >= 4 is 22.5 Å². The van der Waals surface area contributed by atoms with Crippen LogP contribution in [0.5, 0.6) is 0 Å². The van der Waals surface area contributed by atoms with Crippen LogP contribution in [0.4, 0.5) is 0 Å². The van der Waals surface area contributed by atoms with Crippen LogP contribution in [-0.4, -0.2) is 16.1 Å². The largest absolute Gasteiger partial charge is 0.330 e. The minimum absolute atomic E-state index is 0.0459. The number of benzene rings is 2. The van der Waals surface area contributed by atoms with Crippen LogP contribution < -0.4 is 11.3 Å². The molecule has 2 N–H and O–H groups in total. The quantitative estimate of drug-likeness (QED) is 0.647. The van der Waals surface area contributed by atoms with E-state index in [-0.39, 0.29) is 5.56 Å². The van der Waals surface area contributed by atoms with E-state index in [4.69, 9.17) is 22.3 Å². The second-order valence-electron chi connectivity index (χ2n) is 8.23. The van der Waals surface area contributed by atoms with Gasteiger partial charge < -0.3 is 5.73 Å². The summed E-state index contributed by atoms with van der Waals surface area (Å²) in [5.74, 6) is 1.91. The lowest BCUT2D eigenvalue weighted by Crippen LogP contribution is -2.32. The maximum absolute atomic E-state index is 13.4. The normalized spacial score (nSPS) is 19.5. The zero-order chi connectivity index (χ0) is 20.2. The summed E-state index contributed by atoms with van der Waals surface area (Å²) < 4.78 is 1.92. The SMILES string of the molecule is NCC1CCCC(Cn2c(CCc3ccccc3)nc3cc(Cl)ccc3c2=O)C1. The zero-order valence-corrected chi connectivity index (χ0v) is 17.4. The van der Waals surface area contributed by atoms with Crippen LogP contribution in [0.2, 0.25) is 5.02 Å². The molecule has 2 atom stereocenters. The molecule has 1 fully saturated rings. The van der Waals surface area contributed by atoms with Gasteiger partial charge in [-0.1, -0.05) is 48.4 Å². The lowest BCUT2D eigenvalue weighted by molar-refractivity contribution is 0.244. The van der Waals surface area contributed by atoms with Gasteiger partial charge in [0.05, 0.1) is 10.9 Å². The van der Waals surface area contributed by atoms with Crippen molar-refractivity contribution < 1.29 is 0 Å². The van der Waals surface area contributed by atoms with E-state index in [1.807, 2.05) is 22.8 Å². The van der Waals surface area contributed by atoms with Gasteiger partial charge in [0.15, 0.2) is 0 Å². The number of halogens is 1. The van der Waals surface area contributed by atoms with Crippen molar-refractivity contribution in [1.29, 1.82) is 0 Å². The van der Waals surface area contributed by atoms with Crippen molar-refractivity contribution in [3.05, 3.63) is 75.3 Å². The molecule has 1 aliphatic rings. The molecule has 0 aliphatic heterocycles. The van der Waals surface area contributed by atoms with Crippen molar-refractivity contribution in [2.24, 2.45) is 17.6 Å². The Morgan fingerprint density at radius 3 is 2.66 bits per heavy atom. The Bertz CT molecular complexity index is 1030. The highest BCUT2D eigenvalue weighted by Gasteiger charge is 2.23. The van der Waals surface area contributed by atoms with E-state index in [1.165, 1.54) is 18.4 Å². The fourth-order valence-corrected chi connectivity index (χ4v) is 4.73. The molecule has 1 aliphatic carbocycles. The van der Waals surface area contributed by atoms with Crippen molar-refractivity contribution in [1.82, 2.24) is 9.55 Å². The van der Waals surface area contributed by atoms with E-state index in [0.717, 1.165) is 44.6 Å². The third-order valence-electron chi connectivity index (χ3n) is 6.14. The predicted molar refractivity (Wildman–Crippen MR) is 119 cm³/mol. The molecule has 5 heteroatoms. The lowest BCUT2D eigenvalue weighted by atomic mass is 9.81. The topological polar surface area (TPSA) is 60.9 Å². The molecular weight excluding hydrogens is 382 g/mol. The Morgan fingerprint density at radius 1 is 1.07 bits per heavy atom. The summed E-state index contributed by atoms with van der Waals surface area (Å²) in [4.78, 5) is 18.2. The number of hydrogen-bond acceptors (Lipinski definition) is 3. The molecule has 29 heavy (non-hydrogen) atoms. The van der Waals surface area contributed by atoms with E-state index in [1.54, 1.807) is 18.2 Å². The Kier molecular flexibility index (Phi) is 6.31. The van der Waals surface area contributed by atoms with Gasteiger partial charge in [0.1, 0.15) is 5.82 Å². The molecule has 152 valence electrons. The van der Waals surface area contributed by atoms with Gasteiger partial charge in [0.25, 0.3) is 5.56 Å². The monoisotopic (exact) mass is 409 g/mol. The van der Waals surface area contributed by atoms with Gasteiger partial charge in [-0.3, -0.25) is 9.36 Å². The van der Waals surface area contributed by atoms with Gasteiger partial charge in [-0.25, -0.2) is 4.98 Å². The van der Waals surface area contributed by atoms with Crippen molar-refractivity contribution in [2.45, 2.75) is 45.1 Å². The first kappa shape index (κ1) is 20.1.